The summed E-state index contributed by atoms with van der Waals surface area (Å²) >= 11 is 0. The summed E-state index contributed by atoms with van der Waals surface area (Å²) in [7, 11) is 0. The Morgan fingerprint density at radius 1 is 1.22 bits per heavy atom. The van der Waals surface area contributed by atoms with Crippen LogP contribution in [0.25, 0.3) is 0 Å². The van der Waals surface area contributed by atoms with E-state index in [1.165, 1.54) is 5.56 Å². The Labute approximate surface area is 139 Å². The second kappa shape index (κ2) is 9.04. The third-order valence-electron chi connectivity index (χ3n) is 4.91. The molecule has 23 heavy (non-hydrogen) atoms. The molecule has 0 aromatic heterocycles. The summed E-state index contributed by atoms with van der Waals surface area (Å²) in [5.74, 6) is 0.497. The number of rotatable bonds is 7. The van der Waals surface area contributed by atoms with Crippen molar-refractivity contribution in [2.45, 2.75) is 52.1 Å². The molecule has 1 aliphatic rings. The van der Waals surface area contributed by atoms with Gasteiger partial charge in [0.1, 0.15) is 0 Å². The van der Waals surface area contributed by atoms with E-state index in [-0.39, 0.29) is 11.9 Å². The molecular formula is C19H30N2O2. The minimum atomic E-state index is 0.0222. The molecule has 1 saturated heterocycles. The first-order chi connectivity index (χ1) is 11.2. The quantitative estimate of drug-likeness (QED) is 0.813. The van der Waals surface area contributed by atoms with Crippen LogP contribution in [-0.2, 0) is 6.54 Å². The zero-order valence-corrected chi connectivity index (χ0v) is 14.4. The number of nitrogens with one attached hydrogen (secondary N) is 1. The van der Waals surface area contributed by atoms with E-state index in [0.717, 1.165) is 50.9 Å². The predicted octanol–water partition coefficient (Wildman–Crippen LogP) is 2.81. The van der Waals surface area contributed by atoms with E-state index in [2.05, 4.69) is 36.2 Å². The van der Waals surface area contributed by atoms with Crippen molar-refractivity contribution in [1.82, 2.24) is 10.2 Å². The van der Waals surface area contributed by atoms with E-state index in [1.807, 2.05) is 12.1 Å². The molecule has 0 unspecified atom stereocenters. The normalized spacial score (nSPS) is 16.7. The standard InChI is InChI=1S/C19H30N2O2/c1-3-18(4-2)20-19(23)17-7-5-15(6-8-17)13-21-11-9-16(14-22)10-12-21/h5-8,16,18,22H,3-4,9-14H2,1-2H3,(H,20,23). The van der Waals surface area contributed by atoms with Gasteiger partial charge < -0.3 is 10.4 Å². The number of carbonyl (C=O) groups is 1. The Kier molecular flexibility index (Phi) is 7.06. The molecule has 128 valence electrons. The summed E-state index contributed by atoms with van der Waals surface area (Å²) in [6.45, 7) is 7.51. The Balaban J connectivity index is 1.86. The monoisotopic (exact) mass is 318 g/mol. The lowest BCUT2D eigenvalue weighted by Gasteiger charge is -2.31. The van der Waals surface area contributed by atoms with Gasteiger partial charge in [-0.2, -0.15) is 0 Å². The van der Waals surface area contributed by atoms with Crippen molar-refractivity contribution < 1.29 is 9.90 Å². The molecule has 1 heterocycles. The molecule has 4 heteroatoms. The highest BCUT2D eigenvalue weighted by Crippen LogP contribution is 2.18. The fourth-order valence-corrected chi connectivity index (χ4v) is 3.11. The largest absolute Gasteiger partial charge is 0.396 e. The Morgan fingerprint density at radius 3 is 2.35 bits per heavy atom. The van der Waals surface area contributed by atoms with Gasteiger partial charge in [-0.1, -0.05) is 26.0 Å². The number of aliphatic hydroxyl groups excluding tert-OH is 1. The fraction of sp³-hybridized carbons (Fsp3) is 0.632. The van der Waals surface area contributed by atoms with Crippen LogP contribution in [0.15, 0.2) is 24.3 Å². The first-order valence-electron chi connectivity index (χ1n) is 8.89. The Morgan fingerprint density at radius 2 is 1.83 bits per heavy atom. The van der Waals surface area contributed by atoms with Gasteiger partial charge in [-0.3, -0.25) is 9.69 Å². The van der Waals surface area contributed by atoms with Crippen molar-refractivity contribution in [1.29, 1.82) is 0 Å². The number of hydrogen-bond donors (Lipinski definition) is 2. The highest BCUT2D eigenvalue weighted by Gasteiger charge is 2.18. The number of benzene rings is 1. The molecule has 1 aliphatic heterocycles. The van der Waals surface area contributed by atoms with Gasteiger partial charge in [0.25, 0.3) is 5.91 Å². The molecule has 1 aromatic rings. The molecule has 0 saturated carbocycles. The maximum atomic E-state index is 12.2. The van der Waals surface area contributed by atoms with E-state index in [9.17, 15) is 9.90 Å². The van der Waals surface area contributed by atoms with Crippen LogP contribution in [0.3, 0.4) is 0 Å². The molecule has 0 spiro atoms. The first kappa shape index (κ1) is 18.0. The SMILES string of the molecule is CCC(CC)NC(=O)c1ccc(CN2CCC(CO)CC2)cc1. The van der Waals surface area contributed by atoms with Gasteiger partial charge in [0, 0.05) is 24.8 Å². The van der Waals surface area contributed by atoms with Crippen molar-refractivity contribution in [2.24, 2.45) is 5.92 Å². The molecule has 4 nitrogen and oxygen atoms in total. The number of amides is 1. The molecule has 1 amide bonds. The number of nitrogens with zero attached hydrogens (tertiary/aromatic N) is 1. The van der Waals surface area contributed by atoms with Crippen LogP contribution in [0.4, 0.5) is 0 Å². The molecule has 0 radical (unpaired) electrons. The summed E-state index contributed by atoms with van der Waals surface area (Å²) in [6, 6.07) is 8.22. The second-order valence-electron chi connectivity index (χ2n) is 6.59. The average molecular weight is 318 g/mol. The zero-order valence-electron chi connectivity index (χ0n) is 14.4. The van der Waals surface area contributed by atoms with Crippen LogP contribution < -0.4 is 5.32 Å². The molecule has 2 N–H and O–H groups in total. The molecular weight excluding hydrogens is 288 g/mol. The van der Waals surface area contributed by atoms with Crippen LogP contribution in [0.2, 0.25) is 0 Å². The summed E-state index contributed by atoms with van der Waals surface area (Å²) in [5.41, 5.74) is 1.98. The highest BCUT2D eigenvalue weighted by molar-refractivity contribution is 5.94. The number of likely N-dealkylation sites (tertiary alicyclic amines) is 1. The van der Waals surface area contributed by atoms with Crippen LogP contribution in [-0.4, -0.2) is 41.7 Å². The third-order valence-corrected chi connectivity index (χ3v) is 4.91. The molecule has 1 aromatic carbocycles. The third kappa shape index (κ3) is 5.33. The number of piperidine rings is 1. The predicted molar refractivity (Wildman–Crippen MR) is 93.4 cm³/mol. The van der Waals surface area contributed by atoms with Crippen LogP contribution in [0.5, 0.6) is 0 Å². The lowest BCUT2D eigenvalue weighted by Crippen LogP contribution is -2.34. The van der Waals surface area contributed by atoms with Gasteiger partial charge in [-0.25, -0.2) is 0 Å². The highest BCUT2D eigenvalue weighted by atomic mass is 16.3. The maximum absolute atomic E-state index is 12.2. The Hall–Kier alpha value is -1.39. The lowest BCUT2D eigenvalue weighted by atomic mass is 9.97. The number of hydrogen-bond acceptors (Lipinski definition) is 3. The molecule has 0 aliphatic carbocycles. The van der Waals surface area contributed by atoms with Crippen LogP contribution >= 0.6 is 0 Å². The minimum Gasteiger partial charge on any atom is -0.396 e. The minimum absolute atomic E-state index is 0.0222. The van der Waals surface area contributed by atoms with Gasteiger partial charge in [-0.05, 0) is 62.4 Å². The van der Waals surface area contributed by atoms with E-state index < -0.39 is 0 Å². The zero-order chi connectivity index (χ0) is 16.7. The van der Waals surface area contributed by atoms with E-state index in [1.54, 1.807) is 0 Å². The van der Waals surface area contributed by atoms with Gasteiger partial charge in [0.15, 0.2) is 0 Å². The van der Waals surface area contributed by atoms with Gasteiger partial charge >= 0.3 is 0 Å². The van der Waals surface area contributed by atoms with E-state index in [0.29, 0.717) is 12.5 Å². The summed E-state index contributed by atoms with van der Waals surface area (Å²) in [4.78, 5) is 14.6. The molecule has 2 rings (SSSR count). The summed E-state index contributed by atoms with van der Waals surface area (Å²) in [6.07, 6.45) is 4.08. The van der Waals surface area contributed by atoms with Crippen molar-refractivity contribution in [3.05, 3.63) is 35.4 Å². The van der Waals surface area contributed by atoms with Gasteiger partial charge in [0.2, 0.25) is 0 Å². The van der Waals surface area contributed by atoms with E-state index in [4.69, 9.17) is 0 Å². The number of aliphatic hydroxyl groups is 1. The molecule has 0 atom stereocenters. The maximum Gasteiger partial charge on any atom is 0.251 e. The lowest BCUT2D eigenvalue weighted by molar-refractivity contribution is 0.0935. The molecule has 1 fully saturated rings. The summed E-state index contributed by atoms with van der Waals surface area (Å²) < 4.78 is 0. The second-order valence-corrected chi connectivity index (χ2v) is 6.59. The van der Waals surface area contributed by atoms with Crippen molar-refractivity contribution in [3.8, 4) is 0 Å². The van der Waals surface area contributed by atoms with Crippen molar-refractivity contribution in [3.63, 3.8) is 0 Å². The number of carbonyl (C=O) groups excluding carboxylic acids is 1. The van der Waals surface area contributed by atoms with Crippen molar-refractivity contribution in [2.75, 3.05) is 19.7 Å². The summed E-state index contributed by atoms with van der Waals surface area (Å²) in [5, 5.41) is 12.3. The first-order valence-corrected chi connectivity index (χ1v) is 8.89. The topological polar surface area (TPSA) is 52.6 Å². The fourth-order valence-electron chi connectivity index (χ4n) is 3.11. The van der Waals surface area contributed by atoms with E-state index >= 15 is 0 Å². The van der Waals surface area contributed by atoms with Gasteiger partial charge in [-0.15, -0.1) is 0 Å². The van der Waals surface area contributed by atoms with Gasteiger partial charge in [0.05, 0.1) is 0 Å². The smallest absolute Gasteiger partial charge is 0.251 e. The molecule has 0 bridgehead atoms. The average Bonchev–Trinajstić information content (AvgIpc) is 2.60. The van der Waals surface area contributed by atoms with Crippen LogP contribution in [0, 0.1) is 5.92 Å². The van der Waals surface area contributed by atoms with Crippen LogP contribution in [0.1, 0.15) is 55.5 Å². The Bertz CT molecular complexity index is 475. The van der Waals surface area contributed by atoms with Crippen molar-refractivity contribution >= 4 is 5.91 Å².